The number of aryl methyl sites for hydroxylation is 1. The van der Waals surface area contributed by atoms with Gasteiger partial charge in [-0.3, -0.25) is 14.2 Å². The number of Topliss-reactive ketones (excluding diaryl/α,β-unsaturated/α-hetero) is 1. The van der Waals surface area contributed by atoms with Crippen molar-refractivity contribution in [3.05, 3.63) is 118 Å². The van der Waals surface area contributed by atoms with Crippen LogP contribution in [0.25, 0.3) is 22.2 Å². The highest BCUT2D eigenvalue weighted by atomic mass is 19.2. The maximum absolute atomic E-state index is 13.5. The van der Waals surface area contributed by atoms with Gasteiger partial charge in [0.15, 0.2) is 17.4 Å². The maximum Gasteiger partial charge on any atom is 0.264 e. The minimum atomic E-state index is -0.998. The molecule has 0 spiro atoms. The molecule has 0 aliphatic rings. The Hall–Kier alpha value is -4.46. The molecule has 6 nitrogen and oxygen atoms in total. The number of H-pyrrole nitrogens is 1. The summed E-state index contributed by atoms with van der Waals surface area (Å²) in [4.78, 5) is 37.2. The Bertz CT molecular complexity index is 1610. The lowest BCUT2D eigenvalue weighted by atomic mass is 9.99. The van der Waals surface area contributed by atoms with E-state index in [1.165, 1.54) is 23.2 Å². The number of hydrogen-bond donors (Lipinski definition) is 1. The highest BCUT2D eigenvalue weighted by Gasteiger charge is 2.15. The Labute approximate surface area is 198 Å². The van der Waals surface area contributed by atoms with Crippen LogP contribution < -0.4 is 5.56 Å². The Kier molecular flexibility index (Phi) is 6.01. The van der Waals surface area contributed by atoms with Gasteiger partial charge in [0.2, 0.25) is 0 Å². The topological polar surface area (TPSA) is 80.6 Å². The Morgan fingerprint density at radius 3 is 2.74 bits per heavy atom. The first-order valence-corrected chi connectivity index (χ1v) is 11.0. The number of fused-ring (bicyclic) bond motifs is 1. The fourth-order valence-corrected chi connectivity index (χ4v) is 4.07. The summed E-state index contributed by atoms with van der Waals surface area (Å²) in [5, 5.41) is 1.01. The van der Waals surface area contributed by atoms with Gasteiger partial charge in [-0.1, -0.05) is 30.3 Å². The van der Waals surface area contributed by atoms with Crippen molar-refractivity contribution in [2.24, 2.45) is 0 Å². The Morgan fingerprint density at radius 1 is 1.00 bits per heavy atom. The summed E-state index contributed by atoms with van der Waals surface area (Å²) >= 11 is 0. The van der Waals surface area contributed by atoms with Crippen LogP contribution in [0.15, 0.2) is 84.3 Å². The fourth-order valence-electron chi connectivity index (χ4n) is 4.07. The van der Waals surface area contributed by atoms with Crippen LogP contribution in [0.1, 0.15) is 27.9 Å². The molecule has 5 aromatic rings. The maximum atomic E-state index is 13.5. The molecule has 35 heavy (non-hydrogen) atoms. The summed E-state index contributed by atoms with van der Waals surface area (Å²) < 4.78 is 27.9. The van der Waals surface area contributed by atoms with E-state index in [0.717, 1.165) is 39.9 Å². The van der Waals surface area contributed by atoms with Crippen LogP contribution in [-0.2, 0) is 13.0 Å². The zero-order valence-corrected chi connectivity index (χ0v) is 18.5. The number of nitrogens with zero attached hydrogens (tertiary/aromatic N) is 3. The molecular formula is C27H20F2N4O2. The van der Waals surface area contributed by atoms with Crippen LogP contribution in [0.2, 0.25) is 0 Å². The molecule has 0 bridgehead atoms. The van der Waals surface area contributed by atoms with E-state index in [1.54, 1.807) is 6.20 Å². The van der Waals surface area contributed by atoms with Gasteiger partial charge in [0.25, 0.3) is 5.56 Å². The van der Waals surface area contributed by atoms with Crippen molar-refractivity contribution < 1.29 is 13.6 Å². The van der Waals surface area contributed by atoms with E-state index in [2.05, 4.69) is 15.0 Å². The first-order valence-electron chi connectivity index (χ1n) is 11.0. The number of ketones is 1. The van der Waals surface area contributed by atoms with Crippen LogP contribution >= 0.6 is 0 Å². The number of benzene rings is 2. The highest BCUT2D eigenvalue weighted by molar-refractivity contribution is 5.96. The predicted molar refractivity (Wildman–Crippen MR) is 128 cm³/mol. The van der Waals surface area contributed by atoms with Crippen molar-refractivity contribution in [3.63, 3.8) is 0 Å². The largest absolute Gasteiger partial charge is 0.346 e. The number of carbonyl (C=O) groups is 1. The summed E-state index contributed by atoms with van der Waals surface area (Å²) in [5.41, 5.74) is 3.63. The quantitative estimate of drug-likeness (QED) is 0.342. The van der Waals surface area contributed by atoms with Gasteiger partial charge in [0.1, 0.15) is 11.2 Å². The minimum Gasteiger partial charge on any atom is -0.346 e. The lowest BCUT2D eigenvalue weighted by molar-refractivity contribution is 0.0980. The second-order valence-electron chi connectivity index (χ2n) is 8.21. The van der Waals surface area contributed by atoms with Crippen molar-refractivity contribution >= 4 is 16.8 Å². The van der Waals surface area contributed by atoms with Crippen molar-refractivity contribution in [1.29, 1.82) is 0 Å². The summed E-state index contributed by atoms with van der Waals surface area (Å²) in [6.07, 6.45) is 6.75. The molecule has 0 aliphatic heterocycles. The van der Waals surface area contributed by atoms with Gasteiger partial charge in [-0.15, -0.1) is 0 Å². The fraction of sp³-hybridized carbons (Fsp3) is 0.111. The van der Waals surface area contributed by atoms with E-state index >= 15 is 0 Å². The van der Waals surface area contributed by atoms with Crippen LogP contribution in [0.4, 0.5) is 8.78 Å². The molecule has 8 heteroatoms. The molecule has 0 amide bonds. The SMILES string of the molecule is O=C(CCc1cccc(-c2c[nH]c3ncccc23)c1)c1cncn(Cc2ccc(F)c(F)c2)c1=O. The standard InChI is InChI=1S/C27H20F2N4O2/c28-23-8-6-18(12-24(23)29)15-33-16-30-13-22(27(33)35)25(34)9-7-17-3-1-4-19(11-17)21-14-32-26-20(21)5-2-10-31-26/h1-6,8,10-14,16H,7,9,15H2,(H,31,32). The van der Waals surface area contributed by atoms with Crippen molar-refractivity contribution in [2.45, 2.75) is 19.4 Å². The van der Waals surface area contributed by atoms with Crippen LogP contribution in [0.5, 0.6) is 0 Å². The summed E-state index contributed by atoms with van der Waals surface area (Å²) in [6, 6.07) is 15.2. The number of hydrogen-bond acceptors (Lipinski definition) is 4. The minimum absolute atomic E-state index is 0.0221. The molecule has 0 fully saturated rings. The third-order valence-corrected chi connectivity index (χ3v) is 5.87. The molecule has 1 N–H and O–H groups in total. The molecule has 174 valence electrons. The summed E-state index contributed by atoms with van der Waals surface area (Å²) in [6.45, 7) is -0.0221. The molecular weight excluding hydrogens is 450 g/mol. The van der Waals surface area contributed by atoms with E-state index in [1.807, 2.05) is 42.6 Å². The van der Waals surface area contributed by atoms with Gasteiger partial charge in [-0.25, -0.2) is 18.7 Å². The third-order valence-electron chi connectivity index (χ3n) is 5.87. The molecule has 3 heterocycles. The third kappa shape index (κ3) is 4.63. The van der Waals surface area contributed by atoms with Crippen molar-refractivity contribution in [2.75, 3.05) is 0 Å². The predicted octanol–water partition coefficient (Wildman–Crippen LogP) is 4.93. The van der Waals surface area contributed by atoms with E-state index in [-0.39, 0.29) is 24.3 Å². The van der Waals surface area contributed by atoms with Crippen LogP contribution in [-0.4, -0.2) is 25.3 Å². The monoisotopic (exact) mass is 470 g/mol. The molecule has 0 saturated carbocycles. The van der Waals surface area contributed by atoms with Gasteiger partial charge >= 0.3 is 0 Å². The molecule has 0 aliphatic carbocycles. The number of aromatic amines is 1. The number of rotatable bonds is 7. The van der Waals surface area contributed by atoms with Gasteiger partial charge in [0, 0.05) is 36.0 Å². The number of halogens is 2. The highest BCUT2D eigenvalue weighted by Crippen LogP contribution is 2.28. The molecule has 3 aromatic heterocycles. The second kappa shape index (κ2) is 9.42. The number of nitrogens with one attached hydrogen (secondary N) is 1. The number of pyridine rings is 1. The average Bonchev–Trinajstić information content (AvgIpc) is 3.30. The van der Waals surface area contributed by atoms with E-state index in [9.17, 15) is 18.4 Å². The molecule has 5 rings (SSSR count). The molecule has 0 radical (unpaired) electrons. The first kappa shape index (κ1) is 22.3. The number of carbonyl (C=O) groups excluding carboxylic acids is 1. The van der Waals surface area contributed by atoms with E-state index < -0.39 is 17.2 Å². The zero-order valence-electron chi connectivity index (χ0n) is 18.5. The summed E-state index contributed by atoms with van der Waals surface area (Å²) in [7, 11) is 0. The Morgan fingerprint density at radius 2 is 1.89 bits per heavy atom. The van der Waals surface area contributed by atoms with Gasteiger partial charge < -0.3 is 4.98 Å². The molecule has 0 unspecified atom stereocenters. The van der Waals surface area contributed by atoms with E-state index in [4.69, 9.17) is 0 Å². The van der Waals surface area contributed by atoms with Gasteiger partial charge in [-0.2, -0.15) is 0 Å². The first-order chi connectivity index (χ1) is 17.0. The van der Waals surface area contributed by atoms with Gasteiger partial charge in [-0.05, 0) is 47.4 Å². The van der Waals surface area contributed by atoms with E-state index in [0.29, 0.717) is 12.0 Å². The lowest BCUT2D eigenvalue weighted by Gasteiger charge is -2.08. The molecule has 0 saturated heterocycles. The smallest absolute Gasteiger partial charge is 0.264 e. The Balaban J connectivity index is 1.32. The number of aromatic nitrogens is 4. The second-order valence-corrected chi connectivity index (χ2v) is 8.21. The zero-order chi connectivity index (χ0) is 24.4. The summed E-state index contributed by atoms with van der Waals surface area (Å²) in [5.74, 6) is -2.29. The molecule has 0 atom stereocenters. The van der Waals surface area contributed by atoms with Crippen LogP contribution in [0, 0.1) is 11.6 Å². The van der Waals surface area contributed by atoms with Crippen LogP contribution in [0.3, 0.4) is 0 Å². The van der Waals surface area contributed by atoms with Gasteiger partial charge in [0.05, 0.1) is 12.9 Å². The molecule has 2 aromatic carbocycles. The van der Waals surface area contributed by atoms with Crippen molar-refractivity contribution in [3.8, 4) is 11.1 Å². The average molecular weight is 470 g/mol. The van der Waals surface area contributed by atoms with Crippen molar-refractivity contribution in [1.82, 2.24) is 19.5 Å². The lowest BCUT2D eigenvalue weighted by Crippen LogP contribution is -2.27. The normalized spacial score (nSPS) is 11.1.